The van der Waals surface area contributed by atoms with E-state index in [0.29, 0.717) is 0 Å². The Morgan fingerprint density at radius 2 is 0.744 bits per heavy atom. The monoisotopic (exact) mass is 581 g/mol. The van der Waals surface area contributed by atoms with Gasteiger partial charge in [-0.3, -0.25) is 0 Å². The summed E-state index contributed by atoms with van der Waals surface area (Å²) >= 11 is 0. The van der Waals surface area contributed by atoms with E-state index >= 15 is 0 Å². The van der Waals surface area contributed by atoms with Crippen molar-refractivity contribution in [2.75, 3.05) is 0 Å². The van der Waals surface area contributed by atoms with Gasteiger partial charge in [0.15, 0.2) is 0 Å². The Morgan fingerprint density at radius 1 is 0.372 bits per heavy atom. The maximum Gasteiger partial charge on any atom is -0.00258 e. The zero-order valence-corrected chi connectivity index (χ0v) is 29.0. The van der Waals surface area contributed by atoms with E-state index in [1.807, 2.05) is 0 Å². The van der Waals surface area contributed by atoms with Crippen molar-refractivity contribution in [3.05, 3.63) is 140 Å². The fraction of sp³-hybridized carbons (Fsp3) is 0.442. The van der Waals surface area contributed by atoms with Crippen LogP contribution in [0.4, 0.5) is 0 Å². The molecule has 0 heterocycles. The number of unbranched alkanes of at least 4 members (excludes halogenated alkanes) is 5. The minimum absolute atomic E-state index is 0. The van der Waals surface area contributed by atoms with Gasteiger partial charge in [-0.1, -0.05) is 161 Å². The Morgan fingerprint density at radius 3 is 1.09 bits per heavy atom. The summed E-state index contributed by atoms with van der Waals surface area (Å²) in [6.07, 6.45) is 9.52. The molecule has 0 nitrogen and oxygen atoms in total. The van der Waals surface area contributed by atoms with Gasteiger partial charge in [0.25, 0.3) is 0 Å². The molecule has 0 amide bonds. The lowest BCUT2D eigenvalue weighted by molar-refractivity contribution is 0.624. The van der Waals surface area contributed by atoms with Gasteiger partial charge in [0.2, 0.25) is 0 Å². The van der Waals surface area contributed by atoms with Gasteiger partial charge in [0.05, 0.1) is 0 Å². The average Bonchev–Trinajstić information content (AvgIpc) is 2.95. The Labute approximate surface area is 268 Å². The molecule has 0 radical (unpaired) electrons. The molecular formula is C43H64. The predicted molar refractivity (Wildman–Crippen MR) is 197 cm³/mol. The first kappa shape index (κ1) is 39.9. The molecule has 0 aliphatic carbocycles. The minimum atomic E-state index is 0. The summed E-state index contributed by atoms with van der Waals surface area (Å²) in [7, 11) is 0. The molecule has 0 bridgehead atoms. The van der Waals surface area contributed by atoms with Crippen LogP contribution < -0.4 is 0 Å². The van der Waals surface area contributed by atoms with Crippen LogP contribution in [0, 0.1) is 62.3 Å². The quantitative estimate of drug-likeness (QED) is 0.191. The SMILES string of the molecule is C.CCCCCCCC.Cc1cc(C)c(C)c(C)c1.Cc1ccc(C)c(C)c1.Cc1ccc(Cc2ccc(C)cc2)cc1. The van der Waals surface area contributed by atoms with Crippen LogP contribution in [0.25, 0.3) is 0 Å². The van der Waals surface area contributed by atoms with Crippen LogP contribution >= 0.6 is 0 Å². The van der Waals surface area contributed by atoms with E-state index < -0.39 is 0 Å². The van der Waals surface area contributed by atoms with Gasteiger partial charge in [0.1, 0.15) is 0 Å². The number of rotatable bonds is 7. The molecule has 0 aliphatic rings. The molecule has 0 unspecified atom stereocenters. The molecule has 236 valence electrons. The van der Waals surface area contributed by atoms with Crippen LogP contribution in [0.15, 0.2) is 78.9 Å². The van der Waals surface area contributed by atoms with Crippen molar-refractivity contribution < 1.29 is 0 Å². The molecular weight excluding hydrogens is 516 g/mol. The van der Waals surface area contributed by atoms with Gasteiger partial charge in [-0.05, 0) is 108 Å². The number of hydrogen-bond donors (Lipinski definition) is 0. The molecule has 43 heavy (non-hydrogen) atoms. The number of hydrogen-bond acceptors (Lipinski definition) is 0. The lowest BCUT2D eigenvalue weighted by Crippen LogP contribution is -1.88. The van der Waals surface area contributed by atoms with E-state index in [9.17, 15) is 0 Å². The van der Waals surface area contributed by atoms with Crippen LogP contribution in [-0.4, -0.2) is 0 Å². The molecule has 0 saturated heterocycles. The molecule has 0 N–H and O–H groups in total. The largest absolute Gasteiger partial charge is 0.0776 e. The van der Waals surface area contributed by atoms with Gasteiger partial charge in [-0.25, -0.2) is 0 Å². The molecule has 0 fully saturated rings. The van der Waals surface area contributed by atoms with Crippen LogP contribution in [0.2, 0.25) is 0 Å². The van der Waals surface area contributed by atoms with Crippen molar-refractivity contribution in [3.8, 4) is 0 Å². The second-order valence-corrected chi connectivity index (χ2v) is 12.2. The van der Waals surface area contributed by atoms with E-state index in [0.717, 1.165) is 6.42 Å². The van der Waals surface area contributed by atoms with Crippen molar-refractivity contribution in [3.63, 3.8) is 0 Å². The maximum absolute atomic E-state index is 2.26. The first-order chi connectivity index (χ1) is 20.0. The molecule has 0 heteroatoms. The molecule has 4 aromatic rings. The summed E-state index contributed by atoms with van der Waals surface area (Å²) in [6, 6.07) is 28.4. The fourth-order valence-electron chi connectivity index (χ4n) is 4.64. The predicted octanol–water partition coefficient (Wildman–Crippen LogP) is 13.4. The van der Waals surface area contributed by atoms with Crippen molar-refractivity contribution in [2.24, 2.45) is 0 Å². The van der Waals surface area contributed by atoms with E-state index in [1.165, 1.54) is 99.7 Å². The average molecular weight is 581 g/mol. The van der Waals surface area contributed by atoms with Crippen LogP contribution in [0.1, 0.15) is 121 Å². The number of aryl methyl sites for hydroxylation is 8. The zero-order chi connectivity index (χ0) is 31.5. The third kappa shape index (κ3) is 17.6. The fourth-order valence-corrected chi connectivity index (χ4v) is 4.64. The minimum Gasteiger partial charge on any atom is -0.0776 e. The van der Waals surface area contributed by atoms with Gasteiger partial charge in [-0.2, -0.15) is 0 Å². The standard InChI is InChI=1S/C15H16.C10H14.C9H12.C8H18.CH4/c1-12-3-7-14(8-4-12)11-15-9-5-13(2)6-10-15;1-7-5-8(2)10(4)9(3)6-7;1-7-4-5-8(2)9(3)6-7;1-3-5-7-8-6-4-2;/h3-10H,11H2,1-2H3;5-6H,1-4H3;4-6H,1-3H3;3-8H2,1-2H3;1H4. The molecule has 0 spiro atoms. The summed E-state index contributed by atoms with van der Waals surface area (Å²) in [5.41, 5.74) is 15.1. The molecule has 4 aromatic carbocycles. The molecule has 4 rings (SSSR count). The van der Waals surface area contributed by atoms with Gasteiger partial charge >= 0.3 is 0 Å². The second-order valence-electron chi connectivity index (χ2n) is 12.2. The number of benzene rings is 4. The highest BCUT2D eigenvalue weighted by atomic mass is 14.0. The summed E-state index contributed by atoms with van der Waals surface area (Å²) in [4.78, 5) is 0. The van der Waals surface area contributed by atoms with E-state index in [2.05, 4.69) is 155 Å². The first-order valence-corrected chi connectivity index (χ1v) is 16.2. The summed E-state index contributed by atoms with van der Waals surface area (Å²) in [6.45, 7) is 23.8. The normalized spacial score (nSPS) is 9.74. The van der Waals surface area contributed by atoms with E-state index in [1.54, 1.807) is 0 Å². The Balaban J connectivity index is 0.000000562. The van der Waals surface area contributed by atoms with Crippen molar-refractivity contribution in [2.45, 2.75) is 129 Å². The smallest absolute Gasteiger partial charge is 0.00258 e. The Kier molecular flexibility index (Phi) is 20.8. The molecule has 0 aliphatic heterocycles. The van der Waals surface area contributed by atoms with Gasteiger partial charge in [0, 0.05) is 0 Å². The lowest BCUT2D eigenvalue weighted by Gasteiger charge is -2.04. The third-order valence-corrected chi connectivity index (χ3v) is 7.84. The second kappa shape index (κ2) is 22.4. The zero-order valence-electron chi connectivity index (χ0n) is 29.0. The van der Waals surface area contributed by atoms with E-state index in [-0.39, 0.29) is 7.43 Å². The molecule has 0 saturated carbocycles. The van der Waals surface area contributed by atoms with Gasteiger partial charge in [-0.15, -0.1) is 0 Å². The van der Waals surface area contributed by atoms with Crippen LogP contribution in [0.5, 0.6) is 0 Å². The highest BCUT2D eigenvalue weighted by molar-refractivity contribution is 5.36. The highest BCUT2D eigenvalue weighted by Gasteiger charge is 1.97. The van der Waals surface area contributed by atoms with E-state index in [4.69, 9.17) is 0 Å². The summed E-state index contributed by atoms with van der Waals surface area (Å²) in [5.74, 6) is 0. The third-order valence-electron chi connectivity index (χ3n) is 7.84. The highest BCUT2D eigenvalue weighted by Crippen LogP contribution is 2.14. The summed E-state index contributed by atoms with van der Waals surface area (Å²) in [5, 5.41) is 0. The van der Waals surface area contributed by atoms with Crippen LogP contribution in [-0.2, 0) is 6.42 Å². The van der Waals surface area contributed by atoms with Gasteiger partial charge < -0.3 is 0 Å². The Hall–Kier alpha value is -3.12. The Bertz CT molecular complexity index is 1200. The summed E-state index contributed by atoms with van der Waals surface area (Å²) < 4.78 is 0. The topological polar surface area (TPSA) is 0 Å². The van der Waals surface area contributed by atoms with Crippen molar-refractivity contribution in [1.29, 1.82) is 0 Å². The molecule has 0 aromatic heterocycles. The lowest BCUT2D eigenvalue weighted by atomic mass is 10.0. The van der Waals surface area contributed by atoms with Crippen molar-refractivity contribution >= 4 is 0 Å². The van der Waals surface area contributed by atoms with Crippen molar-refractivity contribution in [1.82, 2.24) is 0 Å². The van der Waals surface area contributed by atoms with Crippen LogP contribution in [0.3, 0.4) is 0 Å². The first-order valence-electron chi connectivity index (χ1n) is 16.2. The maximum atomic E-state index is 2.26. The molecule has 0 atom stereocenters.